The van der Waals surface area contributed by atoms with E-state index in [-0.39, 0.29) is 12.4 Å². The second-order valence-electron chi connectivity index (χ2n) is 2.16. The summed E-state index contributed by atoms with van der Waals surface area (Å²) in [5.74, 6) is 0. The van der Waals surface area contributed by atoms with Gasteiger partial charge in [0.1, 0.15) is 0 Å². The molecule has 0 bridgehead atoms. The van der Waals surface area contributed by atoms with Crippen molar-refractivity contribution in [3.05, 3.63) is 33.4 Å². The smallest absolute Gasteiger partial charge is 0.0202 e. The van der Waals surface area contributed by atoms with Crippen molar-refractivity contribution in [1.29, 1.82) is 0 Å². The van der Waals surface area contributed by atoms with E-state index in [9.17, 15) is 0 Å². The number of benzene rings is 1. The predicted molar refractivity (Wildman–Crippen MR) is 59.2 cm³/mol. The number of halogens is 2. The van der Waals surface area contributed by atoms with E-state index in [0.29, 0.717) is 0 Å². The van der Waals surface area contributed by atoms with Gasteiger partial charge in [0.25, 0.3) is 0 Å². The number of nitrogens with one attached hydrogen (secondary N) is 1. The Balaban J connectivity index is 0.000001000. The van der Waals surface area contributed by atoms with Gasteiger partial charge in [0, 0.05) is 10.1 Å². The van der Waals surface area contributed by atoms with Gasteiger partial charge in [-0.25, -0.2) is 0 Å². The van der Waals surface area contributed by atoms with Gasteiger partial charge < -0.3 is 5.32 Å². The molecule has 0 fully saturated rings. The zero-order valence-electron chi connectivity index (χ0n) is 6.30. The lowest BCUT2D eigenvalue weighted by molar-refractivity contribution is 0.817. The molecule has 0 heterocycles. The van der Waals surface area contributed by atoms with Crippen molar-refractivity contribution in [2.24, 2.45) is 0 Å². The fourth-order valence-corrected chi connectivity index (χ4v) is 1.46. The maximum atomic E-state index is 3.11. The number of rotatable bonds is 2. The first-order chi connectivity index (χ1) is 4.83. The van der Waals surface area contributed by atoms with Gasteiger partial charge in [-0.2, -0.15) is 0 Å². The standard InChI is InChI=1S/C8H10IN.ClH/c1-10-6-7-3-2-4-8(9)5-7;/h2-5,10H,6H2,1H3;1H. The minimum atomic E-state index is 0. The van der Waals surface area contributed by atoms with E-state index >= 15 is 0 Å². The number of hydrogen-bond donors (Lipinski definition) is 1. The topological polar surface area (TPSA) is 12.0 Å². The van der Waals surface area contributed by atoms with E-state index in [1.807, 2.05) is 7.05 Å². The maximum absolute atomic E-state index is 3.11. The molecule has 1 rings (SSSR count). The van der Waals surface area contributed by atoms with Gasteiger partial charge >= 0.3 is 0 Å². The Kier molecular flexibility index (Phi) is 5.91. The first-order valence-corrected chi connectivity index (χ1v) is 4.30. The lowest BCUT2D eigenvalue weighted by Crippen LogP contribution is -2.04. The summed E-state index contributed by atoms with van der Waals surface area (Å²) in [6.45, 7) is 0.955. The molecule has 0 aliphatic rings. The molecule has 0 spiro atoms. The number of hydrogen-bond acceptors (Lipinski definition) is 1. The molecule has 3 heteroatoms. The molecule has 62 valence electrons. The summed E-state index contributed by atoms with van der Waals surface area (Å²) in [5.41, 5.74) is 1.34. The van der Waals surface area contributed by atoms with E-state index in [0.717, 1.165) is 6.54 Å². The summed E-state index contributed by atoms with van der Waals surface area (Å²) < 4.78 is 1.30. The van der Waals surface area contributed by atoms with Gasteiger partial charge in [0.15, 0.2) is 0 Å². The minimum Gasteiger partial charge on any atom is -0.316 e. The van der Waals surface area contributed by atoms with Crippen LogP contribution in [0.2, 0.25) is 0 Å². The summed E-state index contributed by atoms with van der Waals surface area (Å²) in [6.07, 6.45) is 0. The van der Waals surface area contributed by atoms with Gasteiger partial charge in [-0.1, -0.05) is 12.1 Å². The SMILES string of the molecule is CNCc1cccc(I)c1.Cl. The Labute approximate surface area is 87.1 Å². The Morgan fingerprint density at radius 2 is 2.18 bits per heavy atom. The average Bonchev–Trinajstić information content (AvgIpc) is 1.88. The first-order valence-electron chi connectivity index (χ1n) is 3.22. The molecular formula is C8H11ClIN. The van der Waals surface area contributed by atoms with E-state index in [1.165, 1.54) is 9.13 Å². The molecule has 0 unspecified atom stereocenters. The van der Waals surface area contributed by atoms with Gasteiger partial charge in [-0.3, -0.25) is 0 Å². The Bertz CT molecular complexity index is 215. The Morgan fingerprint density at radius 3 is 2.73 bits per heavy atom. The third-order valence-electron chi connectivity index (χ3n) is 1.27. The molecule has 0 amide bonds. The highest BCUT2D eigenvalue weighted by atomic mass is 127. The van der Waals surface area contributed by atoms with Gasteiger partial charge in [0.05, 0.1) is 0 Å². The van der Waals surface area contributed by atoms with Crippen molar-refractivity contribution < 1.29 is 0 Å². The first kappa shape index (κ1) is 11.2. The van der Waals surface area contributed by atoms with E-state index < -0.39 is 0 Å². The summed E-state index contributed by atoms with van der Waals surface area (Å²) in [5, 5.41) is 3.11. The second kappa shape index (κ2) is 5.80. The van der Waals surface area contributed by atoms with Crippen molar-refractivity contribution in [2.75, 3.05) is 7.05 Å². The molecular weight excluding hydrogens is 272 g/mol. The molecule has 0 atom stereocenters. The summed E-state index contributed by atoms with van der Waals surface area (Å²) >= 11 is 2.32. The quantitative estimate of drug-likeness (QED) is 0.822. The molecule has 0 aromatic heterocycles. The van der Waals surface area contributed by atoms with Crippen LogP contribution in [0.25, 0.3) is 0 Å². The van der Waals surface area contributed by atoms with Crippen LogP contribution in [0, 0.1) is 3.57 Å². The molecule has 0 saturated carbocycles. The zero-order valence-corrected chi connectivity index (χ0v) is 9.28. The van der Waals surface area contributed by atoms with Crippen molar-refractivity contribution in [3.63, 3.8) is 0 Å². The van der Waals surface area contributed by atoms with Crippen LogP contribution >= 0.6 is 35.0 Å². The lowest BCUT2D eigenvalue weighted by Gasteiger charge is -1.98. The van der Waals surface area contributed by atoms with Crippen LogP contribution in [-0.4, -0.2) is 7.05 Å². The second-order valence-corrected chi connectivity index (χ2v) is 3.41. The van der Waals surface area contributed by atoms with Crippen molar-refractivity contribution in [3.8, 4) is 0 Å². The lowest BCUT2D eigenvalue weighted by atomic mass is 10.2. The van der Waals surface area contributed by atoms with E-state index in [4.69, 9.17) is 0 Å². The predicted octanol–water partition coefficient (Wildman–Crippen LogP) is 2.43. The van der Waals surface area contributed by atoms with Gasteiger partial charge in [-0.05, 0) is 47.3 Å². The highest BCUT2D eigenvalue weighted by molar-refractivity contribution is 14.1. The highest BCUT2D eigenvalue weighted by Crippen LogP contribution is 2.06. The van der Waals surface area contributed by atoms with Crippen LogP contribution in [0.1, 0.15) is 5.56 Å². The third-order valence-corrected chi connectivity index (χ3v) is 1.94. The van der Waals surface area contributed by atoms with E-state index in [1.54, 1.807) is 0 Å². The molecule has 1 aromatic carbocycles. The maximum Gasteiger partial charge on any atom is 0.0202 e. The highest BCUT2D eigenvalue weighted by Gasteiger charge is 1.89. The van der Waals surface area contributed by atoms with Crippen molar-refractivity contribution in [1.82, 2.24) is 5.32 Å². The normalized spacial score (nSPS) is 8.91. The molecule has 1 nitrogen and oxygen atoms in total. The minimum absolute atomic E-state index is 0. The summed E-state index contributed by atoms with van der Waals surface area (Å²) in [6, 6.07) is 8.48. The van der Waals surface area contributed by atoms with Crippen molar-refractivity contribution >= 4 is 35.0 Å². The summed E-state index contributed by atoms with van der Waals surface area (Å²) in [7, 11) is 1.96. The summed E-state index contributed by atoms with van der Waals surface area (Å²) in [4.78, 5) is 0. The average molecular weight is 284 g/mol. The monoisotopic (exact) mass is 283 g/mol. The van der Waals surface area contributed by atoms with Crippen LogP contribution in [0.3, 0.4) is 0 Å². The van der Waals surface area contributed by atoms with Gasteiger partial charge in [-0.15, -0.1) is 12.4 Å². The third kappa shape index (κ3) is 3.94. The van der Waals surface area contributed by atoms with Gasteiger partial charge in [0.2, 0.25) is 0 Å². The fraction of sp³-hybridized carbons (Fsp3) is 0.250. The molecule has 11 heavy (non-hydrogen) atoms. The van der Waals surface area contributed by atoms with Crippen molar-refractivity contribution in [2.45, 2.75) is 6.54 Å². The van der Waals surface area contributed by atoms with E-state index in [2.05, 4.69) is 52.2 Å². The van der Waals surface area contributed by atoms with Crippen LogP contribution in [0.15, 0.2) is 24.3 Å². The molecule has 0 radical (unpaired) electrons. The largest absolute Gasteiger partial charge is 0.316 e. The van der Waals surface area contributed by atoms with Crippen LogP contribution in [-0.2, 0) is 6.54 Å². The Morgan fingerprint density at radius 1 is 1.45 bits per heavy atom. The zero-order chi connectivity index (χ0) is 7.40. The van der Waals surface area contributed by atoms with Crippen LogP contribution < -0.4 is 5.32 Å². The molecule has 0 saturated heterocycles. The van der Waals surface area contributed by atoms with Crippen LogP contribution in [0.4, 0.5) is 0 Å². The Hall–Kier alpha value is 0.200. The molecule has 1 N–H and O–H groups in total. The van der Waals surface area contributed by atoms with Crippen LogP contribution in [0.5, 0.6) is 0 Å². The molecule has 0 aliphatic carbocycles. The molecule has 0 aliphatic heterocycles. The molecule has 1 aromatic rings. The fourth-order valence-electron chi connectivity index (χ4n) is 0.851.